The SMILES string of the molecule is Cc1cccc(OCC(=O)N(C[C@@H]2CCCO2)c2nc3ccccc3s2)c1. The summed E-state index contributed by atoms with van der Waals surface area (Å²) in [6, 6.07) is 15.6. The summed E-state index contributed by atoms with van der Waals surface area (Å²) in [5, 5.41) is 0.699. The van der Waals surface area contributed by atoms with Gasteiger partial charge >= 0.3 is 0 Å². The summed E-state index contributed by atoms with van der Waals surface area (Å²) in [7, 11) is 0. The molecule has 2 heterocycles. The van der Waals surface area contributed by atoms with E-state index >= 15 is 0 Å². The van der Waals surface area contributed by atoms with Crippen LogP contribution in [0.25, 0.3) is 10.2 Å². The molecule has 0 spiro atoms. The van der Waals surface area contributed by atoms with E-state index in [0.29, 0.717) is 17.4 Å². The summed E-state index contributed by atoms with van der Waals surface area (Å²) in [4.78, 5) is 19.4. The fraction of sp³-hybridized carbons (Fsp3) is 0.333. The third-order valence-electron chi connectivity index (χ3n) is 4.58. The Balaban J connectivity index is 1.53. The second-order valence-electron chi connectivity index (χ2n) is 6.71. The van der Waals surface area contributed by atoms with E-state index in [0.717, 1.165) is 35.2 Å². The molecule has 2 aromatic carbocycles. The number of carbonyl (C=O) groups excluding carboxylic acids is 1. The van der Waals surface area contributed by atoms with Crippen LogP contribution in [-0.2, 0) is 9.53 Å². The van der Waals surface area contributed by atoms with E-state index < -0.39 is 0 Å². The quantitative estimate of drug-likeness (QED) is 0.641. The van der Waals surface area contributed by atoms with Crippen LogP contribution in [0, 0.1) is 6.92 Å². The Morgan fingerprint density at radius 3 is 2.96 bits per heavy atom. The van der Waals surface area contributed by atoms with Gasteiger partial charge in [0.15, 0.2) is 11.7 Å². The largest absolute Gasteiger partial charge is 0.484 e. The zero-order chi connectivity index (χ0) is 18.6. The van der Waals surface area contributed by atoms with Gasteiger partial charge < -0.3 is 9.47 Å². The molecule has 0 unspecified atom stereocenters. The molecule has 1 aromatic heterocycles. The Bertz CT molecular complexity index is 901. The van der Waals surface area contributed by atoms with Crippen LogP contribution < -0.4 is 9.64 Å². The van der Waals surface area contributed by atoms with Crippen molar-refractivity contribution >= 4 is 32.6 Å². The molecule has 3 aromatic rings. The van der Waals surface area contributed by atoms with Gasteiger partial charge in [0.25, 0.3) is 5.91 Å². The van der Waals surface area contributed by atoms with Crippen LogP contribution in [0.5, 0.6) is 5.75 Å². The smallest absolute Gasteiger partial charge is 0.266 e. The zero-order valence-corrected chi connectivity index (χ0v) is 16.1. The molecule has 27 heavy (non-hydrogen) atoms. The monoisotopic (exact) mass is 382 g/mol. The molecule has 1 aliphatic rings. The van der Waals surface area contributed by atoms with Gasteiger partial charge in [-0.2, -0.15) is 0 Å². The van der Waals surface area contributed by atoms with E-state index in [9.17, 15) is 4.79 Å². The second kappa shape index (κ2) is 8.06. The molecule has 1 aliphatic heterocycles. The van der Waals surface area contributed by atoms with E-state index in [4.69, 9.17) is 9.47 Å². The average Bonchev–Trinajstić information content (AvgIpc) is 3.33. The standard InChI is InChI=1S/C21H22N2O3S/c1-15-6-4-7-16(12-15)26-14-20(24)23(13-17-8-5-11-25-17)21-22-18-9-2-3-10-19(18)27-21/h2-4,6-7,9-10,12,17H,5,8,11,13-14H2,1H3/t17-/m0/s1. The van der Waals surface area contributed by atoms with Crippen LogP contribution in [0.4, 0.5) is 5.13 Å². The van der Waals surface area contributed by atoms with E-state index in [2.05, 4.69) is 4.98 Å². The van der Waals surface area contributed by atoms with Crippen molar-refractivity contribution in [2.24, 2.45) is 0 Å². The van der Waals surface area contributed by atoms with Gasteiger partial charge in [-0.15, -0.1) is 0 Å². The van der Waals surface area contributed by atoms with Crippen LogP contribution >= 0.6 is 11.3 Å². The minimum absolute atomic E-state index is 0.0217. The molecule has 5 nitrogen and oxygen atoms in total. The first-order valence-corrected chi connectivity index (χ1v) is 9.98. The molecule has 0 aliphatic carbocycles. The van der Waals surface area contributed by atoms with Crippen molar-refractivity contribution in [2.45, 2.75) is 25.9 Å². The number of aryl methyl sites for hydroxylation is 1. The summed E-state index contributed by atoms with van der Waals surface area (Å²) in [5.41, 5.74) is 2.00. The van der Waals surface area contributed by atoms with E-state index in [1.807, 2.05) is 55.5 Å². The normalized spacial score (nSPS) is 16.6. The predicted molar refractivity (Wildman–Crippen MR) is 108 cm³/mol. The fourth-order valence-electron chi connectivity index (χ4n) is 3.18. The number of para-hydroxylation sites is 1. The molecule has 1 amide bonds. The van der Waals surface area contributed by atoms with Gasteiger partial charge in [-0.05, 0) is 49.6 Å². The van der Waals surface area contributed by atoms with Gasteiger partial charge in [0, 0.05) is 6.61 Å². The van der Waals surface area contributed by atoms with Crippen molar-refractivity contribution in [3.63, 3.8) is 0 Å². The number of nitrogens with zero attached hydrogens (tertiary/aromatic N) is 2. The highest BCUT2D eigenvalue weighted by atomic mass is 32.1. The van der Waals surface area contributed by atoms with Gasteiger partial charge in [0.05, 0.1) is 22.9 Å². The molecule has 0 bridgehead atoms. The number of hydrogen-bond acceptors (Lipinski definition) is 5. The topological polar surface area (TPSA) is 51.7 Å². The van der Waals surface area contributed by atoms with Crippen molar-refractivity contribution in [3.8, 4) is 5.75 Å². The van der Waals surface area contributed by atoms with Gasteiger partial charge in [0.2, 0.25) is 0 Å². The number of amides is 1. The van der Waals surface area contributed by atoms with Crippen molar-refractivity contribution in [3.05, 3.63) is 54.1 Å². The predicted octanol–water partition coefficient (Wildman–Crippen LogP) is 4.20. The lowest BCUT2D eigenvalue weighted by Gasteiger charge is -2.23. The van der Waals surface area contributed by atoms with Crippen LogP contribution in [0.1, 0.15) is 18.4 Å². The molecule has 1 atom stereocenters. The first kappa shape index (κ1) is 17.9. The van der Waals surface area contributed by atoms with Gasteiger partial charge in [-0.25, -0.2) is 4.98 Å². The number of hydrogen-bond donors (Lipinski definition) is 0. The van der Waals surface area contributed by atoms with E-state index in [1.54, 1.807) is 4.90 Å². The first-order valence-electron chi connectivity index (χ1n) is 9.16. The van der Waals surface area contributed by atoms with Crippen LogP contribution in [0.15, 0.2) is 48.5 Å². The zero-order valence-electron chi connectivity index (χ0n) is 15.3. The molecule has 1 fully saturated rings. The lowest BCUT2D eigenvalue weighted by molar-refractivity contribution is -0.120. The number of anilines is 1. The summed E-state index contributed by atoms with van der Waals surface area (Å²) < 4.78 is 12.6. The molecule has 0 N–H and O–H groups in total. The van der Waals surface area contributed by atoms with Crippen LogP contribution in [0.3, 0.4) is 0 Å². The number of carbonyl (C=O) groups is 1. The Morgan fingerprint density at radius 2 is 2.19 bits per heavy atom. The molecule has 1 saturated heterocycles. The van der Waals surface area contributed by atoms with Gasteiger partial charge in [-0.1, -0.05) is 35.6 Å². The fourth-order valence-corrected chi connectivity index (χ4v) is 4.17. The third-order valence-corrected chi connectivity index (χ3v) is 5.64. The van der Waals surface area contributed by atoms with Gasteiger partial charge in [0.1, 0.15) is 5.75 Å². The molecule has 6 heteroatoms. The highest BCUT2D eigenvalue weighted by Crippen LogP contribution is 2.30. The number of fused-ring (bicyclic) bond motifs is 1. The third kappa shape index (κ3) is 4.28. The lowest BCUT2D eigenvalue weighted by Crippen LogP contribution is -2.40. The minimum Gasteiger partial charge on any atom is -0.484 e. The first-order chi connectivity index (χ1) is 13.2. The number of ether oxygens (including phenoxy) is 2. The summed E-state index contributed by atoms with van der Waals surface area (Å²) in [6.07, 6.45) is 2.06. The Kier molecular flexibility index (Phi) is 5.36. The van der Waals surface area contributed by atoms with Gasteiger partial charge in [-0.3, -0.25) is 9.69 Å². The molecule has 140 valence electrons. The summed E-state index contributed by atoms with van der Waals surface area (Å²) in [6.45, 7) is 3.24. The lowest BCUT2D eigenvalue weighted by atomic mass is 10.2. The average molecular weight is 382 g/mol. The van der Waals surface area contributed by atoms with Crippen molar-refractivity contribution < 1.29 is 14.3 Å². The van der Waals surface area contributed by atoms with E-state index in [1.165, 1.54) is 11.3 Å². The van der Waals surface area contributed by atoms with Crippen molar-refractivity contribution in [1.82, 2.24) is 4.98 Å². The maximum absolute atomic E-state index is 13.0. The molecule has 4 rings (SSSR count). The highest BCUT2D eigenvalue weighted by molar-refractivity contribution is 7.22. The van der Waals surface area contributed by atoms with Crippen LogP contribution in [-0.4, -0.2) is 36.8 Å². The Morgan fingerprint density at radius 1 is 1.30 bits per heavy atom. The maximum Gasteiger partial charge on any atom is 0.266 e. The van der Waals surface area contributed by atoms with E-state index in [-0.39, 0.29) is 18.6 Å². The summed E-state index contributed by atoms with van der Waals surface area (Å²) >= 11 is 1.52. The molecular weight excluding hydrogens is 360 g/mol. The highest BCUT2D eigenvalue weighted by Gasteiger charge is 2.26. The minimum atomic E-state index is -0.105. The van der Waals surface area contributed by atoms with Crippen LogP contribution in [0.2, 0.25) is 0 Å². The summed E-state index contributed by atoms with van der Waals surface area (Å²) in [5.74, 6) is 0.593. The number of benzene rings is 2. The second-order valence-corrected chi connectivity index (χ2v) is 7.72. The number of rotatable bonds is 6. The Labute approximate surface area is 162 Å². The number of thiazole rings is 1. The van der Waals surface area contributed by atoms with Crippen molar-refractivity contribution in [2.75, 3.05) is 24.7 Å². The number of aromatic nitrogens is 1. The Hall–Kier alpha value is -2.44. The molecular formula is C21H22N2O3S. The molecule has 0 radical (unpaired) electrons. The van der Waals surface area contributed by atoms with Crippen molar-refractivity contribution in [1.29, 1.82) is 0 Å². The maximum atomic E-state index is 13.0. The molecule has 0 saturated carbocycles.